The minimum Gasteiger partial charge on any atom is -0.394 e. The molecule has 1 aromatic rings. The lowest BCUT2D eigenvalue weighted by Gasteiger charge is -2.36. The summed E-state index contributed by atoms with van der Waals surface area (Å²) in [6.45, 7) is 1.07. The Bertz CT molecular complexity index is 408. The van der Waals surface area contributed by atoms with Crippen molar-refractivity contribution >= 4 is 5.91 Å². The van der Waals surface area contributed by atoms with Crippen molar-refractivity contribution in [3.63, 3.8) is 0 Å². The van der Waals surface area contributed by atoms with Crippen molar-refractivity contribution in [3.05, 3.63) is 35.9 Å². The lowest BCUT2D eigenvalue weighted by molar-refractivity contribution is -0.137. The van der Waals surface area contributed by atoms with Gasteiger partial charge < -0.3 is 15.7 Å². The zero-order valence-corrected chi connectivity index (χ0v) is 11.2. The Morgan fingerprint density at radius 1 is 1.37 bits per heavy atom. The molecule has 0 saturated carbocycles. The van der Waals surface area contributed by atoms with Crippen molar-refractivity contribution in [1.29, 1.82) is 0 Å². The number of nitrogens with zero attached hydrogens (tertiary/aromatic N) is 1. The molecule has 1 aromatic carbocycles. The second kappa shape index (κ2) is 6.68. The highest BCUT2D eigenvalue weighted by molar-refractivity contribution is 5.84. The van der Waals surface area contributed by atoms with Crippen molar-refractivity contribution in [3.8, 4) is 0 Å². The minimum atomic E-state index is -0.298. The van der Waals surface area contributed by atoms with Crippen LogP contribution in [0.5, 0.6) is 0 Å². The van der Waals surface area contributed by atoms with E-state index in [-0.39, 0.29) is 24.5 Å². The number of aliphatic hydroxyl groups is 1. The third-order valence-corrected chi connectivity index (χ3v) is 3.86. The average Bonchev–Trinajstić information content (AvgIpc) is 2.49. The van der Waals surface area contributed by atoms with E-state index < -0.39 is 0 Å². The molecule has 4 nitrogen and oxygen atoms in total. The molecule has 4 heteroatoms. The normalized spacial score (nSPS) is 21.2. The maximum absolute atomic E-state index is 12.6. The van der Waals surface area contributed by atoms with E-state index in [4.69, 9.17) is 5.73 Å². The van der Waals surface area contributed by atoms with Crippen LogP contribution in [0.2, 0.25) is 0 Å². The smallest absolute Gasteiger partial charge is 0.231 e. The van der Waals surface area contributed by atoms with Gasteiger partial charge in [-0.15, -0.1) is 0 Å². The van der Waals surface area contributed by atoms with Crippen molar-refractivity contribution in [2.75, 3.05) is 19.7 Å². The minimum absolute atomic E-state index is 0.0395. The van der Waals surface area contributed by atoms with Gasteiger partial charge in [0, 0.05) is 13.1 Å². The van der Waals surface area contributed by atoms with Gasteiger partial charge in [-0.3, -0.25) is 4.79 Å². The van der Waals surface area contributed by atoms with Gasteiger partial charge in [0.15, 0.2) is 0 Å². The van der Waals surface area contributed by atoms with Gasteiger partial charge in [0.25, 0.3) is 0 Å². The van der Waals surface area contributed by atoms with Crippen LogP contribution in [0, 0.1) is 0 Å². The maximum atomic E-state index is 12.6. The highest BCUT2D eigenvalue weighted by Crippen LogP contribution is 2.23. The van der Waals surface area contributed by atoms with Crippen LogP contribution in [0.4, 0.5) is 0 Å². The number of benzene rings is 1. The summed E-state index contributed by atoms with van der Waals surface area (Å²) in [7, 11) is 0. The number of amides is 1. The van der Waals surface area contributed by atoms with Crippen molar-refractivity contribution in [2.24, 2.45) is 5.73 Å². The molecule has 0 aliphatic carbocycles. The van der Waals surface area contributed by atoms with E-state index >= 15 is 0 Å². The quantitative estimate of drug-likeness (QED) is 0.854. The fourth-order valence-electron chi connectivity index (χ4n) is 2.75. The number of carbonyl (C=O) groups excluding carboxylic acids is 1. The number of likely N-dealkylation sites (tertiary alicyclic amines) is 1. The van der Waals surface area contributed by atoms with Crippen LogP contribution in [-0.2, 0) is 4.79 Å². The van der Waals surface area contributed by atoms with E-state index in [9.17, 15) is 9.90 Å². The van der Waals surface area contributed by atoms with Crippen LogP contribution in [-0.4, -0.2) is 41.7 Å². The molecule has 0 bridgehead atoms. The molecule has 2 rings (SSSR count). The highest BCUT2D eigenvalue weighted by atomic mass is 16.3. The van der Waals surface area contributed by atoms with E-state index in [0.717, 1.165) is 31.4 Å². The fraction of sp³-hybridized carbons (Fsp3) is 0.533. The number of piperidine rings is 1. The Morgan fingerprint density at radius 3 is 2.74 bits per heavy atom. The van der Waals surface area contributed by atoms with Crippen molar-refractivity contribution in [2.45, 2.75) is 31.2 Å². The van der Waals surface area contributed by atoms with Gasteiger partial charge in [-0.1, -0.05) is 30.3 Å². The van der Waals surface area contributed by atoms with Gasteiger partial charge >= 0.3 is 0 Å². The summed E-state index contributed by atoms with van der Waals surface area (Å²) >= 11 is 0. The van der Waals surface area contributed by atoms with Gasteiger partial charge in [0.2, 0.25) is 5.91 Å². The summed E-state index contributed by atoms with van der Waals surface area (Å²) < 4.78 is 0. The monoisotopic (exact) mass is 262 g/mol. The molecule has 0 radical (unpaired) electrons. The predicted octanol–water partition coefficient (Wildman–Crippen LogP) is 1.10. The van der Waals surface area contributed by atoms with Crippen LogP contribution >= 0.6 is 0 Å². The molecule has 2 atom stereocenters. The number of aliphatic hydroxyl groups excluding tert-OH is 1. The van der Waals surface area contributed by atoms with E-state index in [0.29, 0.717) is 6.54 Å². The summed E-state index contributed by atoms with van der Waals surface area (Å²) in [6.07, 6.45) is 2.97. The number of rotatable bonds is 4. The standard InChI is InChI=1S/C15H22N2O2/c16-10-14(12-6-2-1-3-7-12)15(19)17-9-5-4-8-13(17)11-18/h1-3,6-7,13-14,18H,4-5,8-11,16H2. The zero-order chi connectivity index (χ0) is 13.7. The van der Waals surface area contributed by atoms with Crippen LogP contribution in [0.25, 0.3) is 0 Å². The van der Waals surface area contributed by atoms with Crippen LogP contribution in [0.15, 0.2) is 30.3 Å². The van der Waals surface area contributed by atoms with Crippen LogP contribution in [0.1, 0.15) is 30.7 Å². The topological polar surface area (TPSA) is 66.6 Å². The SMILES string of the molecule is NCC(C(=O)N1CCCCC1CO)c1ccccc1. The molecule has 104 valence electrons. The average molecular weight is 262 g/mol. The second-order valence-electron chi connectivity index (χ2n) is 5.06. The molecule has 2 unspecified atom stereocenters. The summed E-state index contributed by atoms with van der Waals surface area (Å²) in [4.78, 5) is 14.4. The van der Waals surface area contributed by atoms with E-state index in [1.54, 1.807) is 0 Å². The summed E-state index contributed by atoms with van der Waals surface area (Å²) in [5.41, 5.74) is 6.75. The lowest BCUT2D eigenvalue weighted by Crippen LogP contribution is -2.48. The van der Waals surface area contributed by atoms with Crippen molar-refractivity contribution in [1.82, 2.24) is 4.90 Å². The molecule has 19 heavy (non-hydrogen) atoms. The first kappa shape index (κ1) is 14.0. The lowest BCUT2D eigenvalue weighted by atomic mass is 9.94. The van der Waals surface area contributed by atoms with Gasteiger partial charge in [-0.2, -0.15) is 0 Å². The number of hydrogen-bond donors (Lipinski definition) is 2. The summed E-state index contributed by atoms with van der Waals surface area (Å²) in [5, 5.41) is 9.41. The Kier molecular flexibility index (Phi) is 4.93. The second-order valence-corrected chi connectivity index (χ2v) is 5.06. The number of carbonyl (C=O) groups is 1. The first-order valence-corrected chi connectivity index (χ1v) is 6.94. The summed E-state index contributed by atoms with van der Waals surface area (Å²) in [6, 6.07) is 9.61. The Hall–Kier alpha value is -1.39. The van der Waals surface area contributed by atoms with E-state index in [1.807, 2.05) is 35.2 Å². The fourth-order valence-corrected chi connectivity index (χ4v) is 2.75. The molecular formula is C15H22N2O2. The first-order valence-electron chi connectivity index (χ1n) is 6.94. The molecule has 3 N–H and O–H groups in total. The third-order valence-electron chi connectivity index (χ3n) is 3.86. The third kappa shape index (κ3) is 3.14. The zero-order valence-electron chi connectivity index (χ0n) is 11.2. The van der Waals surface area contributed by atoms with E-state index in [1.165, 1.54) is 0 Å². The predicted molar refractivity (Wildman–Crippen MR) is 74.7 cm³/mol. The molecule has 1 aliphatic heterocycles. The van der Waals surface area contributed by atoms with Gasteiger partial charge in [0.05, 0.1) is 18.6 Å². The summed E-state index contributed by atoms with van der Waals surface area (Å²) in [5.74, 6) is -0.249. The van der Waals surface area contributed by atoms with Crippen molar-refractivity contribution < 1.29 is 9.90 Å². The molecular weight excluding hydrogens is 240 g/mol. The molecule has 0 aromatic heterocycles. The Balaban J connectivity index is 2.16. The Labute approximate surface area is 114 Å². The highest BCUT2D eigenvalue weighted by Gasteiger charge is 2.31. The van der Waals surface area contributed by atoms with Gasteiger partial charge in [-0.25, -0.2) is 0 Å². The number of nitrogens with two attached hydrogens (primary N) is 1. The maximum Gasteiger partial charge on any atom is 0.231 e. The van der Waals surface area contributed by atoms with Gasteiger partial charge in [-0.05, 0) is 24.8 Å². The molecule has 1 fully saturated rings. The molecule has 1 saturated heterocycles. The number of hydrogen-bond acceptors (Lipinski definition) is 3. The largest absolute Gasteiger partial charge is 0.394 e. The van der Waals surface area contributed by atoms with Gasteiger partial charge in [0.1, 0.15) is 0 Å². The Morgan fingerprint density at radius 2 is 2.11 bits per heavy atom. The first-order chi connectivity index (χ1) is 9.27. The molecule has 1 heterocycles. The molecule has 0 spiro atoms. The van der Waals surface area contributed by atoms with Crippen LogP contribution < -0.4 is 5.73 Å². The van der Waals surface area contributed by atoms with E-state index in [2.05, 4.69) is 0 Å². The van der Waals surface area contributed by atoms with Crippen LogP contribution in [0.3, 0.4) is 0 Å². The molecule has 1 aliphatic rings. The molecule has 1 amide bonds.